The zero-order chi connectivity index (χ0) is 21.6. The lowest BCUT2D eigenvalue weighted by Crippen LogP contribution is -2.43. The summed E-state index contributed by atoms with van der Waals surface area (Å²) in [6.07, 6.45) is 3.12. The molecule has 2 radical (unpaired) electrons. The summed E-state index contributed by atoms with van der Waals surface area (Å²) in [6.45, 7) is 0. The van der Waals surface area contributed by atoms with E-state index in [2.05, 4.69) is 0 Å². The average Bonchev–Trinajstić information content (AvgIpc) is 2.78. The topological polar surface area (TPSA) is 65.5 Å². The molecule has 4 aromatic rings. The Morgan fingerprint density at radius 2 is 1.71 bits per heavy atom. The van der Waals surface area contributed by atoms with E-state index in [1.54, 1.807) is 12.1 Å². The highest BCUT2D eigenvalue weighted by Gasteiger charge is 2.34. The predicted octanol–water partition coefficient (Wildman–Crippen LogP) is 4.27. The fourth-order valence-electron chi connectivity index (χ4n) is 4.28. The zero-order valence-electron chi connectivity index (χ0n) is 17.4. The van der Waals surface area contributed by atoms with Gasteiger partial charge in [0, 0.05) is 11.1 Å². The van der Waals surface area contributed by atoms with Crippen LogP contribution in [0.15, 0.2) is 75.9 Å². The molecular weight excluding hydrogens is 385 g/mol. The molecule has 5 rings (SSSR count). The number of hydrogen-bond donors (Lipinski definition) is 1. The van der Waals surface area contributed by atoms with Gasteiger partial charge in [-0.15, -0.1) is 0 Å². The van der Waals surface area contributed by atoms with Gasteiger partial charge in [-0.2, -0.15) is 0 Å². The Morgan fingerprint density at radius 3 is 2.32 bits per heavy atom. The second-order valence-corrected chi connectivity index (χ2v) is 8.18. The van der Waals surface area contributed by atoms with Crippen LogP contribution >= 0.6 is 0 Å². The summed E-state index contributed by atoms with van der Waals surface area (Å²) in [7, 11) is 7.59. The molecule has 0 aliphatic heterocycles. The second kappa shape index (κ2) is 7.43. The summed E-state index contributed by atoms with van der Waals surface area (Å²) in [4.78, 5) is 13.7. The first-order valence-electron chi connectivity index (χ1n) is 10.4. The van der Waals surface area contributed by atoms with Gasteiger partial charge in [-0.05, 0) is 42.5 Å². The lowest BCUT2D eigenvalue weighted by molar-refractivity contribution is 0.253. The van der Waals surface area contributed by atoms with E-state index >= 15 is 0 Å². The van der Waals surface area contributed by atoms with Crippen molar-refractivity contribution >= 4 is 24.3 Å². The van der Waals surface area contributed by atoms with Gasteiger partial charge in [0.25, 0.3) is 0 Å². The van der Waals surface area contributed by atoms with Crippen molar-refractivity contribution in [3.8, 4) is 28.2 Å². The molecule has 31 heavy (non-hydrogen) atoms. The molecule has 5 heteroatoms. The van der Waals surface area contributed by atoms with Gasteiger partial charge in [0.1, 0.15) is 24.9 Å². The van der Waals surface area contributed by atoms with E-state index in [1.165, 1.54) is 7.11 Å². The van der Waals surface area contributed by atoms with Crippen LogP contribution in [-0.2, 0) is 5.54 Å². The smallest absolute Gasteiger partial charge is 0.201 e. The van der Waals surface area contributed by atoms with Gasteiger partial charge in [0.05, 0.1) is 18.1 Å². The highest BCUT2D eigenvalue weighted by molar-refractivity contribution is 6.35. The summed E-state index contributed by atoms with van der Waals surface area (Å²) < 4.78 is 11.6. The standard InChI is InChI=1S/C26H22BNO3/c1-30-22-14-19-21(15-20(22)27)31-25(17-6-3-2-4-7-17)23(24(19)29)16-8-10-18(11-9-16)26(28)12-5-13-26/h2-4,6-11,14-15H,5,12-13,28H2,1H3. The normalized spacial score (nSPS) is 14.9. The fourth-order valence-corrected chi connectivity index (χ4v) is 4.28. The first kappa shape index (κ1) is 19.6. The lowest BCUT2D eigenvalue weighted by atomic mass is 9.72. The van der Waals surface area contributed by atoms with Crippen molar-refractivity contribution in [2.45, 2.75) is 24.8 Å². The van der Waals surface area contributed by atoms with Crippen LogP contribution in [0.4, 0.5) is 0 Å². The summed E-state index contributed by atoms with van der Waals surface area (Å²) in [6, 6.07) is 20.9. The minimum Gasteiger partial charge on any atom is -0.497 e. The van der Waals surface area contributed by atoms with Crippen LogP contribution in [0.5, 0.6) is 5.75 Å². The highest BCUT2D eigenvalue weighted by Crippen LogP contribution is 2.40. The van der Waals surface area contributed by atoms with Crippen LogP contribution in [0.2, 0.25) is 0 Å². The molecule has 1 saturated carbocycles. The number of rotatable bonds is 4. The van der Waals surface area contributed by atoms with Crippen LogP contribution in [0.1, 0.15) is 24.8 Å². The molecule has 0 atom stereocenters. The van der Waals surface area contributed by atoms with Gasteiger partial charge in [-0.25, -0.2) is 0 Å². The minimum absolute atomic E-state index is 0.128. The van der Waals surface area contributed by atoms with E-state index < -0.39 is 0 Å². The second-order valence-electron chi connectivity index (χ2n) is 8.18. The molecule has 1 fully saturated rings. The third kappa shape index (κ3) is 3.26. The monoisotopic (exact) mass is 407 g/mol. The van der Waals surface area contributed by atoms with Gasteiger partial charge in [-0.1, -0.05) is 60.1 Å². The highest BCUT2D eigenvalue weighted by atomic mass is 16.5. The molecule has 1 heterocycles. The quantitative estimate of drug-likeness (QED) is 0.514. The predicted molar refractivity (Wildman–Crippen MR) is 125 cm³/mol. The molecular formula is C26H22BNO3. The minimum atomic E-state index is -0.250. The van der Waals surface area contributed by atoms with E-state index in [-0.39, 0.29) is 11.0 Å². The van der Waals surface area contributed by atoms with Crippen LogP contribution in [-0.4, -0.2) is 15.0 Å². The maximum atomic E-state index is 13.7. The number of fused-ring (bicyclic) bond motifs is 1. The zero-order valence-corrected chi connectivity index (χ0v) is 17.4. The molecule has 3 aromatic carbocycles. The van der Waals surface area contributed by atoms with Gasteiger partial charge in [0.2, 0.25) is 5.43 Å². The first-order chi connectivity index (χ1) is 15.0. The number of benzene rings is 3. The Morgan fingerprint density at radius 1 is 1.00 bits per heavy atom. The third-order valence-electron chi connectivity index (χ3n) is 6.27. The maximum absolute atomic E-state index is 13.7. The summed E-state index contributed by atoms with van der Waals surface area (Å²) in [5.41, 5.74) is 10.2. The van der Waals surface area contributed by atoms with E-state index in [0.717, 1.165) is 36.0 Å². The molecule has 0 amide bonds. The van der Waals surface area contributed by atoms with Crippen molar-refractivity contribution < 1.29 is 9.15 Å². The van der Waals surface area contributed by atoms with Crippen LogP contribution in [0, 0.1) is 0 Å². The summed E-state index contributed by atoms with van der Waals surface area (Å²) in [5, 5.41) is 0.430. The van der Waals surface area contributed by atoms with Crippen LogP contribution < -0.4 is 21.4 Å². The number of hydrogen-bond acceptors (Lipinski definition) is 4. The Balaban J connectivity index is 1.76. The summed E-state index contributed by atoms with van der Waals surface area (Å²) >= 11 is 0. The third-order valence-corrected chi connectivity index (χ3v) is 6.27. The lowest BCUT2D eigenvalue weighted by Gasteiger charge is -2.38. The number of nitrogens with two attached hydrogens (primary N) is 1. The Hall–Kier alpha value is -3.31. The van der Waals surface area contributed by atoms with Crippen molar-refractivity contribution in [1.82, 2.24) is 0 Å². The molecule has 2 N–H and O–H groups in total. The molecule has 0 saturated heterocycles. The average molecular weight is 407 g/mol. The molecule has 0 bridgehead atoms. The summed E-state index contributed by atoms with van der Waals surface area (Å²) in [5.74, 6) is 0.963. The molecule has 1 aromatic heterocycles. The van der Waals surface area contributed by atoms with E-state index in [4.69, 9.17) is 22.7 Å². The van der Waals surface area contributed by atoms with Gasteiger partial charge < -0.3 is 14.9 Å². The van der Waals surface area contributed by atoms with E-state index in [1.807, 2.05) is 54.6 Å². The van der Waals surface area contributed by atoms with Gasteiger partial charge in [-0.3, -0.25) is 4.79 Å². The molecule has 152 valence electrons. The Kier molecular flexibility index (Phi) is 4.71. The van der Waals surface area contributed by atoms with E-state index in [0.29, 0.717) is 33.5 Å². The molecule has 1 aliphatic rings. The SMILES string of the molecule is [B]c1cc2oc(-c3ccccc3)c(-c3ccc(C4(N)CCC4)cc3)c(=O)c2cc1OC. The fraction of sp³-hybridized carbons (Fsp3) is 0.192. The van der Waals surface area contributed by atoms with Crippen LogP contribution in [0.3, 0.4) is 0 Å². The van der Waals surface area contributed by atoms with Crippen molar-refractivity contribution in [3.05, 3.63) is 82.5 Å². The van der Waals surface area contributed by atoms with E-state index in [9.17, 15) is 4.79 Å². The largest absolute Gasteiger partial charge is 0.497 e. The van der Waals surface area contributed by atoms with Crippen molar-refractivity contribution in [1.29, 1.82) is 0 Å². The molecule has 0 spiro atoms. The first-order valence-corrected chi connectivity index (χ1v) is 10.4. The van der Waals surface area contributed by atoms with Gasteiger partial charge in [0.15, 0.2) is 0 Å². The number of ether oxygens (including phenoxy) is 1. The Bertz CT molecular complexity index is 1320. The Labute approximate surface area is 182 Å². The maximum Gasteiger partial charge on any atom is 0.201 e. The van der Waals surface area contributed by atoms with Crippen molar-refractivity contribution in [2.24, 2.45) is 5.73 Å². The van der Waals surface area contributed by atoms with Gasteiger partial charge >= 0.3 is 0 Å². The molecule has 1 aliphatic carbocycles. The molecule has 4 nitrogen and oxygen atoms in total. The molecule has 0 unspecified atom stereocenters. The van der Waals surface area contributed by atoms with Crippen LogP contribution in [0.25, 0.3) is 33.4 Å². The number of methoxy groups -OCH3 is 1. The van der Waals surface area contributed by atoms with Crippen molar-refractivity contribution in [2.75, 3.05) is 7.11 Å². The van der Waals surface area contributed by atoms with Crippen molar-refractivity contribution in [3.63, 3.8) is 0 Å².